The highest BCUT2D eigenvalue weighted by Gasteiger charge is 2.14. The van der Waals surface area contributed by atoms with Gasteiger partial charge in [-0.3, -0.25) is 0 Å². The molecule has 0 aliphatic carbocycles. The highest BCUT2D eigenvalue weighted by Crippen LogP contribution is 2.40. The zero-order valence-corrected chi connectivity index (χ0v) is 17.3. The molecule has 0 amide bonds. The van der Waals surface area contributed by atoms with Crippen LogP contribution in [0.3, 0.4) is 0 Å². The molecule has 2 aromatic carbocycles. The molecule has 30 heavy (non-hydrogen) atoms. The summed E-state index contributed by atoms with van der Waals surface area (Å²) < 4.78 is 26.6. The third-order valence-electron chi connectivity index (χ3n) is 4.10. The Labute approximate surface area is 174 Å². The van der Waals surface area contributed by atoms with Crippen LogP contribution in [0.5, 0.6) is 28.7 Å². The molecule has 3 rings (SSSR count). The first kappa shape index (κ1) is 20.8. The molecule has 10 nitrogen and oxygen atoms in total. The number of anilines is 4. The molecule has 0 saturated carbocycles. The van der Waals surface area contributed by atoms with Gasteiger partial charge in [0.15, 0.2) is 11.5 Å². The van der Waals surface area contributed by atoms with E-state index in [9.17, 15) is 0 Å². The Morgan fingerprint density at radius 3 is 1.53 bits per heavy atom. The van der Waals surface area contributed by atoms with E-state index in [1.165, 1.54) is 6.33 Å². The van der Waals surface area contributed by atoms with Crippen molar-refractivity contribution < 1.29 is 23.7 Å². The van der Waals surface area contributed by atoms with E-state index in [-0.39, 0.29) is 0 Å². The number of benzene rings is 2. The number of ether oxygens (including phenoxy) is 5. The molecule has 0 fully saturated rings. The molecule has 1 heterocycles. The van der Waals surface area contributed by atoms with Gasteiger partial charge >= 0.3 is 0 Å². The first-order valence-electron chi connectivity index (χ1n) is 8.86. The van der Waals surface area contributed by atoms with E-state index in [1.807, 2.05) is 0 Å². The van der Waals surface area contributed by atoms with Crippen molar-refractivity contribution in [2.45, 2.75) is 0 Å². The van der Waals surface area contributed by atoms with Crippen LogP contribution in [0.25, 0.3) is 0 Å². The summed E-state index contributed by atoms with van der Waals surface area (Å²) in [4.78, 5) is 12.7. The molecule has 0 spiro atoms. The summed E-state index contributed by atoms with van der Waals surface area (Å²) >= 11 is 0. The Balaban J connectivity index is 1.85. The van der Waals surface area contributed by atoms with Crippen LogP contribution in [0.2, 0.25) is 0 Å². The number of nitrogens with zero attached hydrogens (tertiary/aromatic N) is 3. The normalized spacial score (nSPS) is 10.2. The second kappa shape index (κ2) is 9.50. The Hall–Kier alpha value is -3.95. The zero-order valence-electron chi connectivity index (χ0n) is 17.3. The summed E-state index contributed by atoms with van der Waals surface area (Å²) in [6.45, 7) is 0. The molecular weight excluding hydrogens is 390 g/mol. The minimum absolute atomic E-state index is 0.330. The molecule has 158 valence electrons. The van der Waals surface area contributed by atoms with E-state index in [0.717, 1.165) is 0 Å². The fourth-order valence-corrected chi connectivity index (χ4v) is 2.71. The number of rotatable bonds is 9. The van der Waals surface area contributed by atoms with Crippen molar-refractivity contribution in [3.05, 3.63) is 36.7 Å². The number of hydrogen-bond acceptors (Lipinski definition) is 10. The summed E-state index contributed by atoms with van der Waals surface area (Å²) in [5, 5.41) is 6.22. The largest absolute Gasteiger partial charge is 0.497 e. The highest BCUT2D eigenvalue weighted by molar-refractivity contribution is 5.66. The first-order chi connectivity index (χ1) is 14.6. The molecular formula is C20H23N5O5. The lowest BCUT2D eigenvalue weighted by Gasteiger charge is -2.14. The predicted octanol–water partition coefficient (Wildman–Crippen LogP) is 3.40. The van der Waals surface area contributed by atoms with E-state index >= 15 is 0 Å². The summed E-state index contributed by atoms with van der Waals surface area (Å²) in [5.41, 5.74) is 1.36. The second-order valence-corrected chi connectivity index (χ2v) is 5.90. The minimum Gasteiger partial charge on any atom is -0.497 e. The summed E-state index contributed by atoms with van der Waals surface area (Å²) in [6, 6.07) is 8.89. The first-order valence-corrected chi connectivity index (χ1v) is 8.86. The maximum absolute atomic E-state index is 5.37. The van der Waals surface area contributed by atoms with Crippen molar-refractivity contribution >= 4 is 23.3 Å². The average Bonchev–Trinajstić information content (AvgIpc) is 2.78. The fraction of sp³-hybridized carbons (Fsp3) is 0.250. The molecule has 2 N–H and O–H groups in total. The smallest absolute Gasteiger partial charge is 0.232 e. The molecule has 0 bridgehead atoms. The highest BCUT2D eigenvalue weighted by atomic mass is 16.5. The molecule has 1 aromatic heterocycles. The molecule has 0 unspecified atom stereocenters. The van der Waals surface area contributed by atoms with Crippen molar-refractivity contribution in [3.8, 4) is 28.7 Å². The van der Waals surface area contributed by atoms with Crippen molar-refractivity contribution in [2.24, 2.45) is 0 Å². The monoisotopic (exact) mass is 413 g/mol. The van der Waals surface area contributed by atoms with E-state index in [2.05, 4.69) is 25.6 Å². The van der Waals surface area contributed by atoms with Crippen molar-refractivity contribution in [1.82, 2.24) is 15.0 Å². The summed E-state index contributed by atoms with van der Waals surface area (Å²) in [6.07, 6.45) is 1.40. The van der Waals surface area contributed by atoms with Gasteiger partial charge in [0.25, 0.3) is 0 Å². The van der Waals surface area contributed by atoms with Gasteiger partial charge in [0, 0.05) is 41.7 Å². The molecule has 0 atom stereocenters. The third kappa shape index (κ3) is 4.72. The Morgan fingerprint density at radius 2 is 1.10 bits per heavy atom. The molecule has 10 heteroatoms. The Morgan fingerprint density at radius 1 is 0.600 bits per heavy atom. The van der Waals surface area contributed by atoms with Crippen LogP contribution in [0.4, 0.5) is 23.3 Å². The van der Waals surface area contributed by atoms with Crippen LogP contribution < -0.4 is 34.3 Å². The maximum atomic E-state index is 5.37. The summed E-state index contributed by atoms with van der Waals surface area (Å²) in [7, 11) is 7.82. The summed E-state index contributed by atoms with van der Waals surface area (Å²) in [5.74, 6) is 3.47. The number of aromatic nitrogens is 3. The van der Waals surface area contributed by atoms with E-state index < -0.39 is 0 Å². The number of nitrogens with one attached hydrogen (secondary N) is 2. The van der Waals surface area contributed by atoms with E-state index in [4.69, 9.17) is 23.7 Å². The van der Waals surface area contributed by atoms with Crippen LogP contribution in [0, 0.1) is 0 Å². The molecule has 0 radical (unpaired) electrons. The molecule has 3 aromatic rings. The average molecular weight is 413 g/mol. The van der Waals surface area contributed by atoms with Crippen LogP contribution >= 0.6 is 0 Å². The van der Waals surface area contributed by atoms with Crippen LogP contribution in [-0.4, -0.2) is 50.5 Å². The Bertz CT molecular complexity index is 967. The number of methoxy groups -OCH3 is 5. The number of hydrogen-bond donors (Lipinski definition) is 2. The predicted molar refractivity (Wildman–Crippen MR) is 112 cm³/mol. The van der Waals surface area contributed by atoms with Crippen molar-refractivity contribution in [3.63, 3.8) is 0 Å². The topological polar surface area (TPSA) is 109 Å². The quantitative estimate of drug-likeness (QED) is 0.542. The minimum atomic E-state index is 0.330. The lowest BCUT2D eigenvalue weighted by Crippen LogP contribution is -2.04. The SMILES string of the molecule is COc1cc(Nc2ncnc(Nc3cc(OC)c(OC)c(OC)c3)n2)cc(OC)c1. The van der Waals surface area contributed by atoms with Gasteiger partial charge in [0.1, 0.15) is 17.8 Å². The maximum Gasteiger partial charge on any atom is 0.232 e. The lowest BCUT2D eigenvalue weighted by atomic mass is 10.2. The zero-order chi connectivity index (χ0) is 21.5. The molecule has 0 aliphatic heterocycles. The second-order valence-electron chi connectivity index (χ2n) is 5.90. The van der Waals surface area contributed by atoms with Gasteiger partial charge in [-0.2, -0.15) is 4.98 Å². The van der Waals surface area contributed by atoms with E-state index in [1.54, 1.807) is 65.9 Å². The van der Waals surface area contributed by atoms with Crippen LogP contribution in [0.1, 0.15) is 0 Å². The lowest BCUT2D eigenvalue weighted by molar-refractivity contribution is 0.324. The van der Waals surface area contributed by atoms with Crippen LogP contribution in [0.15, 0.2) is 36.7 Å². The van der Waals surface area contributed by atoms with Gasteiger partial charge in [0.2, 0.25) is 17.6 Å². The van der Waals surface area contributed by atoms with Crippen molar-refractivity contribution in [1.29, 1.82) is 0 Å². The third-order valence-corrected chi connectivity index (χ3v) is 4.10. The Kier molecular flexibility index (Phi) is 6.58. The van der Waals surface area contributed by atoms with Gasteiger partial charge in [-0.15, -0.1) is 0 Å². The standard InChI is InChI=1S/C20H23N5O5/c1-26-14-6-12(7-15(10-14)27-2)23-19-21-11-22-20(25-19)24-13-8-16(28-3)18(30-5)17(9-13)29-4/h6-11H,1-5H3,(H2,21,22,23,24,25). The van der Waals surface area contributed by atoms with Gasteiger partial charge in [0.05, 0.1) is 35.5 Å². The molecule has 0 saturated heterocycles. The molecule has 0 aliphatic rings. The van der Waals surface area contributed by atoms with Crippen LogP contribution in [-0.2, 0) is 0 Å². The van der Waals surface area contributed by atoms with E-state index in [0.29, 0.717) is 52.0 Å². The van der Waals surface area contributed by atoms with Gasteiger partial charge < -0.3 is 34.3 Å². The van der Waals surface area contributed by atoms with Gasteiger partial charge in [-0.05, 0) is 0 Å². The fourth-order valence-electron chi connectivity index (χ4n) is 2.71. The van der Waals surface area contributed by atoms with Gasteiger partial charge in [-0.1, -0.05) is 0 Å². The van der Waals surface area contributed by atoms with Gasteiger partial charge in [-0.25, -0.2) is 9.97 Å². The van der Waals surface area contributed by atoms with Crippen molar-refractivity contribution in [2.75, 3.05) is 46.2 Å².